The van der Waals surface area contributed by atoms with Crippen LogP contribution in [0.3, 0.4) is 0 Å². The first kappa shape index (κ1) is 14.4. The Balaban J connectivity index is 1.85. The monoisotopic (exact) mass is 289 g/mol. The van der Waals surface area contributed by atoms with Crippen LogP contribution in [0.25, 0.3) is 0 Å². The number of carbonyl (C=O) groups excluding carboxylic acids is 1. The maximum atomic E-state index is 11.9. The van der Waals surface area contributed by atoms with Crippen molar-refractivity contribution in [2.45, 2.75) is 38.7 Å². The molecule has 0 fully saturated rings. The van der Waals surface area contributed by atoms with Crippen LogP contribution < -0.4 is 0 Å². The van der Waals surface area contributed by atoms with Gasteiger partial charge >= 0.3 is 6.09 Å². The Morgan fingerprint density at radius 2 is 2.00 bits per heavy atom. The molecule has 2 aliphatic rings. The number of aryl methyl sites for hydroxylation is 1. The zero-order valence-electron chi connectivity index (χ0n) is 12.9. The molecule has 1 aromatic carbocycles. The second-order valence-corrected chi connectivity index (χ2v) is 5.73. The van der Waals surface area contributed by atoms with Crippen molar-refractivity contribution in [3.8, 4) is 0 Å². The molecule has 1 atom stereocenters. The number of ether oxygens (including phenoxy) is 2. The third-order valence-corrected chi connectivity index (χ3v) is 4.64. The topological polar surface area (TPSA) is 38.8 Å². The maximum absolute atomic E-state index is 11.9. The van der Waals surface area contributed by atoms with E-state index in [1.807, 2.05) is 11.8 Å². The summed E-state index contributed by atoms with van der Waals surface area (Å²) in [5, 5.41) is 0. The van der Waals surface area contributed by atoms with Gasteiger partial charge in [0.1, 0.15) is 0 Å². The van der Waals surface area contributed by atoms with Gasteiger partial charge in [-0.15, -0.1) is 0 Å². The van der Waals surface area contributed by atoms with Crippen molar-refractivity contribution < 1.29 is 14.3 Å². The van der Waals surface area contributed by atoms with Gasteiger partial charge in [-0.05, 0) is 54.9 Å². The number of hydrogen-bond acceptors (Lipinski definition) is 3. The summed E-state index contributed by atoms with van der Waals surface area (Å²) in [6.07, 6.45) is 4.01. The van der Waals surface area contributed by atoms with E-state index >= 15 is 0 Å². The summed E-state index contributed by atoms with van der Waals surface area (Å²) in [7, 11) is 1.79. The summed E-state index contributed by atoms with van der Waals surface area (Å²) >= 11 is 0. The van der Waals surface area contributed by atoms with E-state index in [0.717, 1.165) is 38.8 Å². The molecule has 1 unspecified atom stereocenters. The number of rotatable bonds is 2. The highest BCUT2D eigenvalue weighted by Crippen LogP contribution is 2.38. The van der Waals surface area contributed by atoms with E-state index in [4.69, 9.17) is 9.47 Å². The molecule has 0 aromatic heterocycles. The molecule has 1 aromatic rings. The van der Waals surface area contributed by atoms with Crippen molar-refractivity contribution >= 4 is 6.09 Å². The number of hydrogen-bond donors (Lipinski definition) is 0. The SMILES string of the molecule is CCOC(=O)N1CCc2ccc3c(c2CC1)C(OC)CC3. The van der Waals surface area contributed by atoms with Crippen molar-refractivity contribution in [3.63, 3.8) is 0 Å². The van der Waals surface area contributed by atoms with Crippen molar-refractivity contribution in [3.05, 3.63) is 34.4 Å². The third-order valence-electron chi connectivity index (χ3n) is 4.64. The fourth-order valence-corrected chi connectivity index (χ4v) is 3.58. The second kappa shape index (κ2) is 6.06. The summed E-state index contributed by atoms with van der Waals surface area (Å²) in [6.45, 7) is 3.75. The van der Waals surface area contributed by atoms with Crippen LogP contribution in [0.5, 0.6) is 0 Å². The highest BCUT2D eigenvalue weighted by Gasteiger charge is 2.29. The first-order valence-corrected chi connectivity index (χ1v) is 7.82. The average Bonchev–Trinajstić information content (AvgIpc) is 2.79. The molecule has 3 rings (SSSR count). The fraction of sp³-hybridized carbons (Fsp3) is 0.588. The highest BCUT2D eigenvalue weighted by atomic mass is 16.6. The van der Waals surface area contributed by atoms with Gasteiger partial charge in [0.25, 0.3) is 0 Å². The summed E-state index contributed by atoms with van der Waals surface area (Å²) in [5.41, 5.74) is 5.58. The Hall–Kier alpha value is -1.55. The Labute approximate surface area is 126 Å². The number of amides is 1. The lowest BCUT2D eigenvalue weighted by molar-refractivity contribution is 0.104. The van der Waals surface area contributed by atoms with Crippen LogP contribution >= 0.6 is 0 Å². The van der Waals surface area contributed by atoms with Gasteiger partial charge in [0.15, 0.2) is 0 Å². The van der Waals surface area contributed by atoms with Gasteiger partial charge in [-0.3, -0.25) is 0 Å². The first-order chi connectivity index (χ1) is 10.2. The predicted molar refractivity (Wildman–Crippen MR) is 80.5 cm³/mol. The van der Waals surface area contributed by atoms with Crippen LogP contribution in [-0.4, -0.2) is 37.8 Å². The van der Waals surface area contributed by atoms with Crippen molar-refractivity contribution in [1.82, 2.24) is 4.90 Å². The number of carbonyl (C=O) groups is 1. The van der Waals surface area contributed by atoms with Crippen LogP contribution in [0.15, 0.2) is 12.1 Å². The predicted octanol–water partition coefficient (Wildman–Crippen LogP) is 2.88. The lowest BCUT2D eigenvalue weighted by Gasteiger charge is -2.19. The second-order valence-electron chi connectivity index (χ2n) is 5.73. The third kappa shape index (κ3) is 2.64. The lowest BCUT2D eigenvalue weighted by atomic mass is 9.93. The quantitative estimate of drug-likeness (QED) is 0.840. The molecule has 4 nitrogen and oxygen atoms in total. The molecule has 4 heteroatoms. The van der Waals surface area contributed by atoms with Gasteiger partial charge in [-0.1, -0.05) is 12.1 Å². The van der Waals surface area contributed by atoms with Gasteiger partial charge in [0.2, 0.25) is 0 Å². The van der Waals surface area contributed by atoms with E-state index in [-0.39, 0.29) is 12.2 Å². The normalized spacial score (nSPS) is 20.7. The highest BCUT2D eigenvalue weighted by molar-refractivity contribution is 5.68. The van der Waals surface area contributed by atoms with E-state index in [1.54, 1.807) is 7.11 Å². The maximum Gasteiger partial charge on any atom is 0.409 e. The standard InChI is InChI=1S/C17H23NO3/c1-3-21-17(19)18-10-8-12-4-5-13-6-7-15(20-2)16(13)14(12)9-11-18/h4-5,15H,3,6-11H2,1-2H3. The molecule has 0 saturated heterocycles. The summed E-state index contributed by atoms with van der Waals surface area (Å²) in [5.74, 6) is 0. The molecule has 0 radical (unpaired) electrons. The molecule has 21 heavy (non-hydrogen) atoms. The van der Waals surface area contributed by atoms with E-state index in [0.29, 0.717) is 6.61 Å². The molecule has 1 heterocycles. The number of fused-ring (bicyclic) bond motifs is 3. The number of nitrogens with zero attached hydrogens (tertiary/aromatic N) is 1. The Morgan fingerprint density at radius 3 is 2.76 bits per heavy atom. The zero-order chi connectivity index (χ0) is 14.8. The largest absolute Gasteiger partial charge is 0.450 e. The van der Waals surface area contributed by atoms with E-state index in [2.05, 4.69) is 12.1 Å². The molecule has 0 bridgehead atoms. The minimum Gasteiger partial charge on any atom is -0.450 e. The first-order valence-electron chi connectivity index (χ1n) is 7.82. The van der Waals surface area contributed by atoms with E-state index < -0.39 is 0 Å². The molecule has 1 amide bonds. The van der Waals surface area contributed by atoms with Gasteiger partial charge in [0.05, 0.1) is 12.7 Å². The summed E-state index contributed by atoms with van der Waals surface area (Å²) in [4.78, 5) is 13.8. The Bertz CT molecular complexity index is 541. The van der Waals surface area contributed by atoms with E-state index in [9.17, 15) is 4.79 Å². The average molecular weight is 289 g/mol. The molecular weight excluding hydrogens is 266 g/mol. The molecule has 0 saturated carbocycles. The summed E-state index contributed by atoms with van der Waals surface area (Å²) < 4.78 is 10.8. The minimum absolute atomic E-state index is 0.190. The van der Waals surface area contributed by atoms with Crippen LogP contribution in [0, 0.1) is 0 Å². The smallest absolute Gasteiger partial charge is 0.409 e. The molecule has 1 aliphatic heterocycles. The Morgan fingerprint density at radius 1 is 1.24 bits per heavy atom. The van der Waals surface area contributed by atoms with Gasteiger partial charge in [-0.2, -0.15) is 0 Å². The van der Waals surface area contributed by atoms with Crippen molar-refractivity contribution in [2.75, 3.05) is 26.8 Å². The van der Waals surface area contributed by atoms with E-state index in [1.165, 1.54) is 22.3 Å². The zero-order valence-corrected chi connectivity index (χ0v) is 12.9. The number of benzene rings is 1. The molecule has 1 aliphatic carbocycles. The van der Waals surface area contributed by atoms with Gasteiger partial charge in [-0.25, -0.2) is 4.79 Å². The van der Waals surface area contributed by atoms with Crippen LogP contribution in [0.4, 0.5) is 4.79 Å². The Kier molecular flexibility index (Phi) is 4.15. The molecule has 114 valence electrons. The van der Waals surface area contributed by atoms with Crippen LogP contribution in [0.1, 0.15) is 41.7 Å². The van der Waals surface area contributed by atoms with Gasteiger partial charge < -0.3 is 14.4 Å². The van der Waals surface area contributed by atoms with Crippen LogP contribution in [-0.2, 0) is 28.7 Å². The minimum atomic E-state index is -0.190. The van der Waals surface area contributed by atoms with Crippen molar-refractivity contribution in [1.29, 1.82) is 0 Å². The lowest BCUT2D eigenvalue weighted by Crippen LogP contribution is -2.33. The molecular formula is C17H23NO3. The fourth-order valence-electron chi connectivity index (χ4n) is 3.58. The van der Waals surface area contributed by atoms with Gasteiger partial charge in [0, 0.05) is 20.2 Å². The van der Waals surface area contributed by atoms with Crippen LogP contribution in [0.2, 0.25) is 0 Å². The molecule has 0 spiro atoms. The molecule has 0 N–H and O–H groups in total. The summed E-state index contributed by atoms with van der Waals surface area (Å²) in [6, 6.07) is 4.48. The number of methoxy groups -OCH3 is 1. The van der Waals surface area contributed by atoms with Crippen molar-refractivity contribution in [2.24, 2.45) is 0 Å².